The fraction of sp³-hybridized carbons (Fsp3) is 0.412. The highest BCUT2D eigenvalue weighted by Gasteiger charge is 2.32. The first-order chi connectivity index (χ1) is 12.5. The quantitative estimate of drug-likeness (QED) is 0.777. The summed E-state index contributed by atoms with van der Waals surface area (Å²) in [6.07, 6.45) is 2.26. The molecule has 1 fully saturated rings. The van der Waals surface area contributed by atoms with E-state index in [0.717, 1.165) is 6.42 Å². The Kier molecular flexibility index (Phi) is 5.70. The number of carbonyl (C=O) groups is 1. The second-order valence-corrected chi connectivity index (χ2v) is 8.10. The van der Waals surface area contributed by atoms with Crippen LogP contribution in [0, 0.1) is 5.92 Å². The number of ether oxygens (including phenoxy) is 1. The van der Waals surface area contributed by atoms with E-state index in [-0.39, 0.29) is 28.8 Å². The Hall–Kier alpha value is -2.23. The van der Waals surface area contributed by atoms with E-state index in [2.05, 4.69) is 10.5 Å². The van der Waals surface area contributed by atoms with Gasteiger partial charge in [-0.2, -0.15) is 4.31 Å². The Balaban J connectivity index is 1.71. The van der Waals surface area contributed by atoms with Crippen LogP contribution in [-0.4, -0.2) is 50.6 Å². The molecule has 1 atom stereocenters. The van der Waals surface area contributed by atoms with Gasteiger partial charge in [0.25, 0.3) is 5.91 Å². The summed E-state index contributed by atoms with van der Waals surface area (Å²) in [6, 6.07) is 7.69. The topological polar surface area (TPSA) is 102 Å². The molecule has 9 heteroatoms. The average Bonchev–Trinajstić information content (AvgIpc) is 3.32. The van der Waals surface area contributed by atoms with Crippen LogP contribution in [0.4, 0.5) is 0 Å². The molecule has 0 unspecified atom stereocenters. The predicted octanol–water partition coefficient (Wildman–Crippen LogP) is 1.26. The number of methoxy groups -OCH3 is 1. The first kappa shape index (κ1) is 18.6. The summed E-state index contributed by atoms with van der Waals surface area (Å²) in [5, 5.41) is 6.24. The molecule has 140 valence electrons. The van der Waals surface area contributed by atoms with Crippen LogP contribution in [0.25, 0.3) is 0 Å². The molecule has 1 amide bonds. The lowest BCUT2D eigenvalue weighted by molar-refractivity contribution is 0.0947. The number of benzene rings is 1. The lowest BCUT2D eigenvalue weighted by Crippen LogP contribution is -2.30. The van der Waals surface area contributed by atoms with Gasteiger partial charge in [0.2, 0.25) is 10.0 Å². The summed E-state index contributed by atoms with van der Waals surface area (Å²) in [6.45, 7) is 1.60. The molecule has 0 spiro atoms. The van der Waals surface area contributed by atoms with Crippen LogP contribution < -0.4 is 5.32 Å². The van der Waals surface area contributed by atoms with Gasteiger partial charge in [0.05, 0.1) is 24.2 Å². The third-order valence-electron chi connectivity index (χ3n) is 4.30. The van der Waals surface area contributed by atoms with Crippen LogP contribution in [-0.2, 0) is 21.3 Å². The zero-order valence-corrected chi connectivity index (χ0v) is 15.2. The number of carbonyl (C=O) groups excluding carboxylic acids is 1. The number of nitrogens with one attached hydrogen (secondary N) is 1. The van der Waals surface area contributed by atoms with Crippen LogP contribution in [0.5, 0.6) is 0 Å². The second-order valence-electron chi connectivity index (χ2n) is 6.16. The normalized spacial score (nSPS) is 18.1. The van der Waals surface area contributed by atoms with Crippen molar-refractivity contribution in [1.82, 2.24) is 14.8 Å². The third-order valence-corrected chi connectivity index (χ3v) is 6.16. The van der Waals surface area contributed by atoms with Crippen molar-refractivity contribution in [2.45, 2.75) is 17.9 Å². The summed E-state index contributed by atoms with van der Waals surface area (Å²) in [4.78, 5) is 12.4. The predicted molar refractivity (Wildman–Crippen MR) is 92.9 cm³/mol. The second kappa shape index (κ2) is 7.98. The Labute approximate surface area is 152 Å². The van der Waals surface area contributed by atoms with Crippen molar-refractivity contribution in [3.8, 4) is 0 Å². The number of sulfonamides is 1. The molecular formula is C17H21N3O5S. The molecule has 1 aromatic carbocycles. The molecule has 1 aliphatic heterocycles. The Morgan fingerprint density at radius 3 is 3.00 bits per heavy atom. The molecular weight excluding hydrogens is 358 g/mol. The summed E-state index contributed by atoms with van der Waals surface area (Å²) in [5.41, 5.74) is 0.276. The molecule has 0 saturated carbocycles. The molecule has 8 nitrogen and oxygen atoms in total. The SMILES string of the molecule is COC[C@H]1CCN(S(=O)(=O)c2cccc(C(=O)NCc3ccno3)c2)C1. The lowest BCUT2D eigenvalue weighted by Gasteiger charge is -2.17. The van der Waals surface area contributed by atoms with E-state index in [9.17, 15) is 13.2 Å². The fourth-order valence-electron chi connectivity index (χ4n) is 2.94. The van der Waals surface area contributed by atoms with Gasteiger partial charge < -0.3 is 14.6 Å². The molecule has 3 rings (SSSR count). The summed E-state index contributed by atoms with van der Waals surface area (Å²) in [5.74, 6) is 0.337. The van der Waals surface area contributed by atoms with Gasteiger partial charge >= 0.3 is 0 Å². The van der Waals surface area contributed by atoms with E-state index in [1.807, 2.05) is 0 Å². The van der Waals surface area contributed by atoms with E-state index < -0.39 is 10.0 Å². The van der Waals surface area contributed by atoms with E-state index in [0.29, 0.717) is 25.5 Å². The van der Waals surface area contributed by atoms with E-state index in [4.69, 9.17) is 9.26 Å². The number of amides is 1. The molecule has 0 bridgehead atoms. The van der Waals surface area contributed by atoms with Crippen molar-refractivity contribution in [3.05, 3.63) is 47.9 Å². The zero-order chi connectivity index (χ0) is 18.6. The zero-order valence-electron chi connectivity index (χ0n) is 14.4. The maximum Gasteiger partial charge on any atom is 0.251 e. The van der Waals surface area contributed by atoms with Crippen molar-refractivity contribution in [2.24, 2.45) is 5.92 Å². The molecule has 2 aromatic rings. The molecule has 1 aliphatic rings. The van der Waals surface area contributed by atoms with Crippen molar-refractivity contribution in [2.75, 3.05) is 26.8 Å². The van der Waals surface area contributed by atoms with Crippen LogP contribution in [0.15, 0.2) is 45.9 Å². The van der Waals surface area contributed by atoms with Crippen molar-refractivity contribution >= 4 is 15.9 Å². The van der Waals surface area contributed by atoms with Crippen molar-refractivity contribution in [3.63, 3.8) is 0 Å². The fourth-order valence-corrected chi connectivity index (χ4v) is 4.51. The maximum atomic E-state index is 12.8. The molecule has 1 saturated heterocycles. The van der Waals surface area contributed by atoms with Crippen LogP contribution in [0.1, 0.15) is 22.5 Å². The Morgan fingerprint density at radius 2 is 2.27 bits per heavy atom. The van der Waals surface area contributed by atoms with Gasteiger partial charge in [0.15, 0.2) is 5.76 Å². The first-order valence-corrected chi connectivity index (χ1v) is 9.71. The average molecular weight is 379 g/mol. The van der Waals surface area contributed by atoms with Gasteiger partial charge in [-0.05, 0) is 30.5 Å². The largest absolute Gasteiger partial charge is 0.384 e. The maximum absolute atomic E-state index is 12.8. The van der Waals surface area contributed by atoms with Crippen LogP contribution >= 0.6 is 0 Å². The number of hydrogen-bond acceptors (Lipinski definition) is 6. The molecule has 26 heavy (non-hydrogen) atoms. The lowest BCUT2D eigenvalue weighted by atomic mass is 10.1. The Bertz CT molecular complexity index is 851. The number of nitrogens with zero attached hydrogens (tertiary/aromatic N) is 2. The highest BCUT2D eigenvalue weighted by molar-refractivity contribution is 7.89. The Morgan fingerprint density at radius 1 is 1.42 bits per heavy atom. The third kappa shape index (κ3) is 4.12. The summed E-state index contributed by atoms with van der Waals surface area (Å²) in [7, 11) is -2.03. The molecule has 1 aromatic heterocycles. The number of hydrogen-bond donors (Lipinski definition) is 1. The number of rotatable bonds is 7. The van der Waals surface area contributed by atoms with Gasteiger partial charge in [0, 0.05) is 31.8 Å². The van der Waals surface area contributed by atoms with Gasteiger partial charge in [-0.25, -0.2) is 8.42 Å². The van der Waals surface area contributed by atoms with Crippen LogP contribution in [0.2, 0.25) is 0 Å². The minimum absolute atomic E-state index is 0.114. The van der Waals surface area contributed by atoms with E-state index >= 15 is 0 Å². The monoisotopic (exact) mass is 379 g/mol. The van der Waals surface area contributed by atoms with Crippen LogP contribution in [0.3, 0.4) is 0 Å². The molecule has 1 N–H and O–H groups in total. The van der Waals surface area contributed by atoms with E-state index in [1.54, 1.807) is 25.3 Å². The minimum Gasteiger partial charge on any atom is -0.384 e. The smallest absolute Gasteiger partial charge is 0.251 e. The summed E-state index contributed by atoms with van der Waals surface area (Å²) < 4.78 is 37.1. The van der Waals surface area contributed by atoms with Crippen molar-refractivity contribution in [1.29, 1.82) is 0 Å². The standard InChI is InChI=1S/C17H21N3O5S/c1-24-12-13-6-8-20(11-13)26(22,23)16-4-2-3-14(9-16)17(21)18-10-15-5-7-19-25-15/h2-5,7,9,13H,6,8,10-12H2,1H3,(H,18,21)/t13-/m0/s1. The molecule has 0 aliphatic carbocycles. The summed E-state index contributed by atoms with van der Waals surface area (Å²) >= 11 is 0. The highest BCUT2D eigenvalue weighted by Crippen LogP contribution is 2.25. The van der Waals surface area contributed by atoms with Gasteiger partial charge in [-0.1, -0.05) is 11.2 Å². The molecule has 0 radical (unpaired) electrons. The first-order valence-electron chi connectivity index (χ1n) is 8.27. The van der Waals surface area contributed by atoms with E-state index in [1.165, 1.54) is 22.6 Å². The van der Waals surface area contributed by atoms with Gasteiger partial charge in [-0.15, -0.1) is 0 Å². The highest BCUT2D eigenvalue weighted by atomic mass is 32.2. The minimum atomic E-state index is -3.63. The van der Waals surface area contributed by atoms with Gasteiger partial charge in [-0.3, -0.25) is 4.79 Å². The molecule has 2 heterocycles. The number of aromatic nitrogens is 1. The van der Waals surface area contributed by atoms with Gasteiger partial charge in [0.1, 0.15) is 0 Å². The van der Waals surface area contributed by atoms with Crippen molar-refractivity contribution < 1.29 is 22.5 Å².